The van der Waals surface area contributed by atoms with Crippen LogP contribution in [0.25, 0.3) is 0 Å². The Balaban J connectivity index is 1.84. The highest BCUT2D eigenvalue weighted by molar-refractivity contribution is 7.16. The summed E-state index contributed by atoms with van der Waals surface area (Å²) in [7, 11) is 0. The Hall–Kier alpha value is -3.33. The van der Waals surface area contributed by atoms with Gasteiger partial charge in [0.25, 0.3) is 0 Å². The van der Waals surface area contributed by atoms with E-state index in [0.717, 1.165) is 40.8 Å². The zero-order chi connectivity index (χ0) is 19.7. The Bertz CT molecular complexity index is 1000. The van der Waals surface area contributed by atoms with Gasteiger partial charge in [0.1, 0.15) is 23.3 Å². The number of hydrogen-bond acceptors (Lipinski definition) is 8. The highest BCUT2D eigenvalue weighted by Crippen LogP contribution is 2.37. The van der Waals surface area contributed by atoms with Crippen molar-refractivity contribution in [2.45, 2.75) is 39.2 Å². The number of nitrogens with zero attached hydrogens (tertiary/aromatic N) is 5. The normalized spacial score (nSPS) is 12.9. The monoisotopic (exact) mass is 390 g/mol. The molecule has 2 heterocycles. The zero-order valence-corrected chi connectivity index (χ0v) is 15.0. The van der Waals surface area contributed by atoms with Crippen molar-refractivity contribution in [1.82, 2.24) is 9.78 Å². The number of hydrogen-bond donors (Lipinski definition) is 1. The van der Waals surface area contributed by atoms with Crippen LogP contribution in [-0.2, 0) is 24.2 Å². The lowest BCUT2D eigenvalue weighted by Crippen LogP contribution is -2.20. The second kappa shape index (κ2) is 7.12. The third-order valence-electron chi connectivity index (χ3n) is 4.34. The van der Waals surface area contributed by atoms with Crippen molar-refractivity contribution in [3.05, 3.63) is 41.9 Å². The van der Waals surface area contributed by atoms with E-state index in [4.69, 9.17) is 0 Å². The molecule has 0 atom stereocenters. The van der Waals surface area contributed by atoms with Gasteiger partial charge in [-0.1, -0.05) is 0 Å². The average Bonchev–Trinajstić information content (AvgIpc) is 3.12. The van der Waals surface area contributed by atoms with Crippen LogP contribution in [0.5, 0.6) is 0 Å². The van der Waals surface area contributed by atoms with Crippen molar-refractivity contribution in [3.8, 4) is 6.07 Å². The standard InChI is InChI=1S/C15H14N6O5S/c1-8-13(20(23)24)14(21(25)26)18-19(8)7-12(22)17-15-10(6-16)9-4-2-3-5-11(9)27-15/h2-5,7H2,1H3,(H,17,22). The first-order valence-electron chi connectivity index (χ1n) is 8.04. The van der Waals surface area contributed by atoms with E-state index in [1.54, 1.807) is 0 Å². The van der Waals surface area contributed by atoms with Crippen LogP contribution in [-0.4, -0.2) is 25.5 Å². The molecule has 0 saturated heterocycles. The van der Waals surface area contributed by atoms with Crippen LogP contribution in [0.4, 0.5) is 16.5 Å². The summed E-state index contributed by atoms with van der Waals surface area (Å²) < 4.78 is 0.922. The van der Waals surface area contributed by atoms with Crippen molar-refractivity contribution in [2.75, 3.05) is 5.32 Å². The Morgan fingerprint density at radius 1 is 1.33 bits per heavy atom. The Kier molecular flexibility index (Phi) is 4.87. The van der Waals surface area contributed by atoms with Crippen LogP contribution in [0.15, 0.2) is 0 Å². The van der Waals surface area contributed by atoms with Crippen molar-refractivity contribution in [2.24, 2.45) is 0 Å². The molecule has 0 bridgehead atoms. The molecule has 0 fully saturated rings. The van der Waals surface area contributed by atoms with E-state index in [1.807, 2.05) is 0 Å². The quantitative estimate of drug-likeness (QED) is 0.606. The summed E-state index contributed by atoms with van der Waals surface area (Å²) in [5.41, 5.74) is 0.577. The lowest BCUT2D eigenvalue weighted by Gasteiger charge is -2.09. The van der Waals surface area contributed by atoms with Gasteiger partial charge in [-0.05, 0) is 43.1 Å². The summed E-state index contributed by atoms with van der Waals surface area (Å²) >= 11 is 1.35. The first-order valence-corrected chi connectivity index (χ1v) is 8.85. The number of rotatable bonds is 5. The second-order valence-electron chi connectivity index (χ2n) is 6.00. The molecule has 140 valence electrons. The molecule has 0 aromatic carbocycles. The molecule has 3 rings (SSSR count). The smallest absolute Gasteiger partial charge is 0.358 e. The summed E-state index contributed by atoms with van der Waals surface area (Å²) in [5, 5.41) is 38.1. The predicted octanol–water partition coefficient (Wildman–Crippen LogP) is 2.46. The number of nitriles is 1. The summed E-state index contributed by atoms with van der Waals surface area (Å²) in [6.07, 6.45) is 3.68. The number of carbonyl (C=O) groups excluding carboxylic acids is 1. The number of fused-ring (bicyclic) bond motifs is 1. The second-order valence-corrected chi connectivity index (χ2v) is 7.11. The van der Waals surface area contributed by atoms with E-state index in [0.29, 0.717) is 10.6 Å². The number of nitrogens with one attached hydrogen (secondary N) is 1. The maximum Gasteiger partial charge on any atom is 0.468 e. The van der Waals surface area contributed by atoms with Crippen LogP contribution in [0.2, 0.25) is 0 Å². The molecule has 1 aliphatic rings. The van der Waals surface area contributed by atoms with Gasteiger partial charge in [0.15, 0.2) is 0 Å². The molecular weight excluding hydrogens is 376 g/mol. The number of thiophene rings is 1. The average molecular weight is 390 g/mol. The molecule has 1 amide bonds. The summed E-state index contributed by atoms with van der Waals surface area (Å²) in [6, 6.07) is 2.12. The van der Waals surface area contributed by atoms with Crippen LogP contribution < -0.4 is 5.32 Å². The van der Waals surface area contributed by atoms with E-state index in [2.05, 4.69) is 16.5 Å². The van der Waals surface area contributed by atoms with E-state index in [9.17, 15) is 30.3 Å². The Morgan fingerprint density at radius 3 is 2.63 bits per heavy atom. The van der Waals surface area contributed by atoms with E-state index in [1.165, 1.54) is 18.3 Å². The van der Waals surface area contributed by atoms with E-state index in [-0.39, 0.29) is 5.69 Å². The fourth-order valence-corrected chi connectivity index (χ4v) is 4.34. The van der Waals surface area contributed by atoms with Gasteiger partial charge in [-0.15, -0.1) is 11.3 Å². The van der Waals surface area contributed by atoms with Crippen molar-refractivity contribution in [3.63, 3.8) is 0 Å². The van der Waals surface area contributed by atoms with Gasteiger partial charge in [-0.3, -0.25) is 14.9 Å². The summed E-state index contributed by atoms with van der Waals surface area (Å²) in [6.45, 7) is 0.851. The van der Waals surface area contributed by atoms with Gasteiger partial charge in [0.2, 0.25) is 5.91 Å². The molecule has 1 aliphatic carbocycles. The number of anilines is 1. The Morgan fingerprint density at radius 2 is 2.04 bits per heavy atom. The lowest BCUT2D eigenvalue weighted by molar-refractivity contribution is -0.424. The Labute approximate surface area is 156 Å². The van der Waals surface area contributed by atoms with E-state index < -0.39 is 33.8 Å². The molecule has 1 N–H and O–H groups in total. The van der Waals surface area contributed by atoms with Gasteiger partial charge in [-0.25, -0.2) is 0 Å². The maximum atomic E-state index is 12.4. The minimum Gasteiger partial charge on any atom is -0.358 e. The molecule has 11 nitrogen and oxygen atoms in total. The first kappa shape index (κ1) is 18.5. The van der Waals surface area contributed by atoms with Crippen LogP contribution >= 0.6 is 11.3 Å². The molecule has 0 spiro atoms. The summed E-state index contributed by atoms with van der Waals surface area (Å²) in [5.74, 6) is -1.48. The third kappa shape index (κ3) is 3.36. The molecule has 0 saturated carbocycles. The predicted molar refractivity (Wildman–Crippen MR) is 94.6 cm³/mol. The topological polar surface area (TPSA) is 157 Å². The molecule has 27 heavy (non-hydrogen) atoms. The molecule has 12 heteroatoms. The van der Waals surface area contributed by atoms with Crippen molar-refractivity contribution >= 4 is 33.8 Å². The van der Waals surface area contributed by atoms with Gasteiger partial charge in [0, 0.05) is 4.88 Å². The fourth-order valence-electron chi connectivity index (χ4n) is 3.09. The lowest BCUT2D eigenvalue weighted by atomic mass is 9.96. The summed E-state index contributed by atoms with van der Waals surface area (Å²) in [4.78, 5) is 33.6. The third-order valence-corrected chi connectivity index (χ3v) is 5.55. The fraction of sp³-hybridized carbons (Fsp3) is 0.400. The van der Waals surface area contributed by atoms with E-state index >= 15 is 0 Å². The van der Waals surface area contributed by atoms with Crippen LogP contribution in [0.3, 0.4) is 0 Å². The molecule has 0 unspecified atom stereocenters. The van der Waals surface area contributed by atoms with Gasteiger partial charge < -0.3 is 15.4 Å². The SMILES string of the molecule is Cc1c([N+](=O)[O-])c([N+](=O)[O-])nn1CC(=O)Nc1sc2c(c1C#N)CCCC2. The minimum absolute atomic E-state index is 0.0900. The van der Waals surface area contributed by atoms with Crippen molar-refractivity contribution < 1.29 is 14.6 Å². The number of aryl methyl sites for hydroxylation is 1. The molecule has 2 aromatic heterocycles. The van der Waals surface area contributed by atoms with Gasteiger partial charge >= 0.3 is 11.5 Å². The molecule has 0 radical (unpaired) electrons. The highest BCUT2D eigenvalue weighted by atomic mass is 32.1. The minimum atomic E-state index is -0.958. The number of aromatic nitrogens is 2. The van der Waals surface area contributed by atoms with Gasteiger partial charge in [0.05, 0.1) is 15.6 Å². The number of amides is 1. The number of nitro groups is 2. The van der Waals surface area contributed by atoms with Gasteiger partial charge in [-0.2, -0.15) is 9.94 Å². The molecular formula is C15H14N6O5S. The van der Waals surface area contributed by atoms with Crippen LogP contribution in [0.1, 0.15) is 34.5 Å². The highest BCUT2D eigenvalue weighted by Gasteiger charge is 2.36. The zero-order valence-electron chi connectivity index (χ0n) is 14.2. The first-order chi connectivity index (χ1) is 12.8. The number of carbonyl (C=O) groups is 1. The van der Waals surface area contributed by atoms with Crippen molar-refractivity contribution in [1.29, 1.82) is 5.26 Å². The molecule has 2 aromatic rings. The van der Waals surface area contributed by atoms with Crippen LogP contribution in [0, 0.1) is 38.5 Å². The maximum absolute atomic E-state index is 12.4. The largest absolute Gasteiger partial charge is 0.468 e. The molecule has 0 aliphatic heterocycles.